The largest absolute Gasteiger partial charge is 0.453 e. The second-order valence-electron chi connectivity index (χ2n) is 6.43. The number of unbranched alkanes of at least 4 members (excludes halogenated alkanes) is 2. The Hall–Kier alpha value is -1.79. The first-order chi connectivity index (χ1) is 11.5. The van der Waals surface area contributed by atoms with Crippen LogP contribution in [0.4, 0.5) is 4.79 Å². The number of esters is 1. The Balaban J connectivity index is 2.13. The van der Waals surface area contributed by atoms with Crippen LogP contribution in [0.5, 0.6) is 0 Å². The van der Waals surface area contributed by atoms with Gasteiger partial charge < -0.3 is 21.1 Å². The number of ether oxygens (including phenoxy) is 1. The number of rotatable bonds is 9. The highest BCUT2D eigenvalue weighted by atomic mass is 16.5. The van der Waals surface area contributed by atoms with E-state index in [0.29, 0.717) is 13.0 Å². The summed E-state index contributed by atoms with van der Waals surface area (Å²) in [4.78, 5) is 34.3. The summed E-state index contributed by atoms with van der Waals surface area (Å²) >= 11 is 0. The van der Waals surface area contributed by atoms with Crippen LogP contribution in [0.3, 0.4) is 0 Å². The Morgan fingerprint density at radius 3 is 2.38 bits per heavy atom. The van der Waals surface area contributed by atoms with Crippen LogP contribution in [0.2, 0.25) is 0 Å². The highest BCUT2D eigenvalue weighted by Crippen LogP contribution is 2.17. The average Bonchev–Trinajstić information content (AvgIpc) is 2.79. The molecule has 0 bridgehead atoms. The van der Waals surface area contributed by atoms with Crippen molar-refractivity contribution < 1.29 is 19.1 Å². The highest BCUT2D eigenvalue weighted by Gasteiger charge is 2.21. The Labute approximate surface area is 144 Å². The maximum atomic E-state index is 12.1. The van der Waals surface area contributed by atoms with Crippen molar-refractivity contribution in [3.63, 3.8) is 0 Å². The third kappa shape index (κ3) is 9.37. The predicted octanol–water partition coefficient (Wildman–Crippen LogP) is 1.99. The highest BCUT2D eigenvalue weighted by molar-refractivity contribution is 5.83. The quantitative estimate of drug-likeness (QED) is 0.338. The van der Waals surface area contributed by atoms with Crippen LogP contribution in [0.15, 0.2) is 0 Å². The molecule has 0 aromatic rings. The lowest BCUT2D eigenvalue weighted by Crippen LogP contribution is -2.41. The van der Waals surface area contributed by atoms with Crippen LogP contribution in [0.25, 0.3) is 0 Å². The lowest BCUT2D eigenvalue weighted by molar-refractivity contribution is -0.155. The van der Waals surface area contributed by atoms with E-state index in [1.807, 2.05) is 0 Å². The summed E-state index contributed by atoms with van der Waals surface area (Å²) in [6, 6.07) is -0.332. The van der Waals surface area contributed by atoms with Gasteiger partial charge in [-0.25, -0.2) is 4.79 Å². The molecule has 0 aromatic carbocycles. The minimum atomic E-state index is -0.753. The summed E-state index contributed by atoms with van der Waals surface area (Å²) in [7, 11) is 0. The van der Waals surface area contributed by atoms with Crippen molar-refractivity contribution in [2.75, 3.05) is 6.54 Å². The molecule has 0 saturated heterocycles. The van der Waals surface area contributed by atoms with Crippen LogP contribution < -0.4 is 16.4 Å². The number of carbonyl (C=O) groups is 3. The van der Waals surface area contributed by atoms with Crippen molar-refractivity contribution in [2.24, 2.45) is 5.73 Å². The topological polar surface area (TPSA) is 111 Å². The van der Waals surface area contributed by atoms with Crippen LogP contribution in [0, 0.1) is 0 Å². The van der Waals surface area contributed by atoms with Crippen molar-refractivity contribution in [3.05, 3.63) is 0 Å². The molecule has 138 valence electrons. The number of primary amides is 1. The number of amides is 3. The van der Waals surface area contributed by atoms with E-state index >= 15 is 0 Å². The molecule has 24 heavy (non-hydrogen) atoms. The van der Waals surface area contributed by atoms with Gasteiger partial charge in [0.2, 0.25) is 0 Å². The number of hydrogen-bond donors (Lipinski definition) is 3. The first kappa shape index (κ1) is 20.3. The fourth-order valence-electron chi connectivity index (χ4n) is 2.83. The molecule has 1 rings (SSSR count). The van der Waals surface area contributed by atoms with Crippen LogP contribution in [0.1, 0.15) is 71.1 Å². The molecular weight excluding hydrogens is 310 g/mol. The van der Waals surface area contributed by atoms with E-state index in [2.05, 4.69) is 10.6 Å². The van der Waals surface area contributed by atoms with Gasteiger partial charge in [0, 0.05) is 19.0 Å². The summed E-state index contributed by atoms with van der Waals surface area (Å²) in [5.41, 5.74) is 4.95. The van der Waals surface area contributed by atoms with Gasteiger partial charge in [0.05, 0.1) is 0 Å². The van der Waals surface area contributed by atoms with E-state index in [1.54, 1.807) is 6.92 Å². The van der Waals surface area contributed by atoms with Gasteiger partial charge in [-0.05, 0) is 32.6 Å². The zero-order valence-electron chi connectivity index (χ0n) is 14.6. The Morgan fingerprint density at radius 2 is 1.75 bits per heavy atom. The maximum absolute atomic E-state index is 12.1. The van der Waals surface area contributed by atoms with E-state index in [-0.39, 0.29) is 24.3 Å². The van der Waals surface area contributed by atoms with Gasteiger partial charge in [-0.3, -0.25) is 9.59 Å². The monoisotopic (exact) mass is 341 g/mol. The average molecular weight is 341 g/mol. The van der Waals surface area contributed by atoms with Gasteiger partial charge >= 0.3 is 12.0 Å². The molecular formula is C17H31N3O4. The Morgan fingerprint density at radius 1 is 1.08 bits per heavy atom. The molecule has 0 spiro atoms. The number of nitrogens with two attached hydrogens (primary N) is 1. The van der Waals surface area contributed by atoms with Crippen molar-refractivity contribution in [1.82, 2.24) is 10.6 Å². The molecule has 0 unspecified atom stereocenters. The van der Waals surface area contributed by atoms with Gasteiger partial charge in [-0.1, -0.05) is 32.1 Å². The lowest BCUT2D eigenvalue weighted by Gasteiger charge is -2.19. The molecule has 1 atom stereocenters. The van der Waals surface area contributed by atoms with Crippen molar-refractivity contribution in [3.8, 4) is 0 Å². The van der Waals surface area contributed by atoms with E-state index < -0.39 is 12.1 Å². The van der Waals surface area contributed by atoms with Gasteiger partial charge in [0.1, 0.15) is 0 Å². The van der Waals surface area contributed by atoms with E-state index in [4.69, 9.17) is 10.5 Å². The van der Waals surface area contributed by atoms with Gasteiger partial charge in [-0.2, -0.15) is 0 Å². The van der Waals surface area contributed by atoms with Gasteiger partial charge in [0.25, 0.3) is 5.91 Å². The lowest BCUT2D eigenvalue weighted by atomic mass is 10.1. The molecule has 0 heterocycles. The van der Waals surface area contributed by atoms with Crippen molar-refractivity contribution >= 4 is 17.9 Å². The van der Waals surface area contributed by atoms with Gasteiger partial charge in [-0.15, -0.1) is 0 Å². The smallest absolute Gasteiger partial charge is 0.312 e. The molecule has 0 aliphatic heterocycles. The Kier molecular flexibility index (Phi) is 9.88. The fourth-order valence-corrected chi connectivity index (χ4v) is 2.83. The zero-order valence-corrected chi connectivity index (χ0v) is 14.6. The first-order valence-corrected chi connectivity index (χ1v) is 9.02. The summed E-state index contributed by atoms with van der Waals surface area (Å²) < 4.78 is 5.19. The molecule has 0 radical (unpaired) electrons. The zero-order chi connectivity index (χ0) is 17.8. The second kappa shape index (κ2) is 11.7. The molecule has 7 nitrogen and oxygen atoms in total. The summed E-state index contributed by atoms with van der Waals surface area (Å²) in [6.45, 7) is 2.12. The maximum Gasteiger partial charge on any atom is 0.312 e. The number of urea groups is 1. The first-order valence-electron chi connectivity index (χ1n) is 9.02. The molecule has 1 fully saturated rings. The van der Waals surface area contributed by atoms with Crippen LogP contribution in [-0.2, 0) is 14.3 Å². The van der Waals surface area contributed by atoms with Crippen LogP contribution in [-0.4, -0.2) is 36.6 Å². The molecule has 1 aliphatic carbocycles. The van der Waals surface area contributed by atoms with E-state index in [9.17, 15) is 14.4 Å². The SMILES string of the molecule is C[C@@H](OC(=O)CCCCCNC(N)=O)C(=O)NC1CCCCCC1. The standard InChI is InChI=1S/C17H31N3O4/c1-13(16(22)20-14-9-5-2-3-6-10-14)24-15(21)11-7-4-8-12-19-17(18)23/h13-14H,2-12H2,1H3,(H,20,22)(H3,18,19,23)/t13-/m1/s1. The predicted molar refractivity (Wildman–Crippen MR) is 91.2 cm³/mol. The normalized spacial score (nSPS) is 16.7. The van der Waals surface area contributed by atoms with Crippen LogP contribution >= 0.6 is 0 Å². The summed E-state index contributed by atoms with van der Waals surface area (Å²) in [5.74, 6) is -0.567. The van der Waals surface area contributed by atoms with E-state index in [0.717, 1.165) is 38.5 Å². The number of hydrogen-bond acceptors (Lipinski definition) is 4. The van der Waals surface area contributed by atoms with E-state index in [1.165, 1.54) is 12.8 Å². The van der Waals surface area contributed by atoms with Crippen molar-refractivity contribution in [1.29, 1.82) is 0 Å². The summed E-state index contributed by atoms with van der Waals surface area (Å²) in [5, 5.41) is 5.48. The molecule has 0 aromatic heterocycles. The Bertz CT molecular complexity index is 407. The number of carbonyl (C=O) groups excluding carboxylic acids is 3. The second-order valence-corrected chi connectivity index (χ2v) is 6.43. The third-order valence-electron chi connectivity index (χ3n) is 4.24. The fraction of sp³-hybridized carbons (Fsp3) is 0.824. The molecule has 1 aliphatic rings. The molecule has 1 saturated carbocycles. The minimum Gasteiger partial charge on any atom is -0.453 e. The molecule has 4 N–H and O–H groups in total. The number of nitrogens with one attached hydrogen (secondary N) is 2. The summed E-state index contributed by atoms with van der Waals surface area (Å²) in [6.07, 6.45) is 8.49. The molecule has 7 heteroatoms. The third-order valence-corrected chi connectivity index (χ3v) is 4.24. The van der Waals surface area contributed by atoms with Gasteiger partial charge in [0.15, 0.2) is 6.10 Å². The molecule has 3 amide bonds. The minimum absolute atomic E-state index is 0.207. The van der Waals surface area contributed by atoms with Crippen molar-refractivity contribution in [2.45, 2.75) is 83.3 Å².